The first kappa shape index (κ1) is 14.7. The van der Waals surface area contributed by atoms with E-state index in [0.29, 0.717) is 26.7 Å². The van der Waals surface area contributed by atoms with Crippen LogP contribution in [-0.4, -0.2) is 27.3 Å². The molecule has 7 heteroatoms. The Balaban J connectivity index is 3.27. The Hall–Kier alpha value is -0.406. The Morgan fingerprint density at radius 2 is 1.88 bits per heavy atom. The van der Waals surface area contributed by atoms with Gasteiger partial charge in [0.25, 0.3) is 0 Å². The Kier molecular flexibility index (Phi) is 4.73. The third kappa shape index (κ3) is 2.89. The van der Waals surface area contributed by atoms with Crippen molar-refractivity contribution in [1.29, 1.82) is 0 Å². The molecule has 0 heterocycles. The minimum Gasteiger partial charge on any atom is -0.404 e. The number of hydrogen-bond acceptors (Lipinski definition) is 3. The molecule has 96 valence electrons. The molecule has 3 nitrogen and oxygen atoms in total. The zero-order valence-electron chi connectivity index (χ0n) is 10.4. The van der Waals surface area contributed by atoms with Gasteiger partial charge in [0, 0.05) is 11.1 Å². The second-order valence-electron chi connectivity index (χ2n) is 4.38. The zero-order valence-corrected chi connectivity index (χ0v) is 15.1. The minimum absolute atomic E-state index is 0.0581. The van der Waals surface area contributed by atoms with Crippen LogP contribution in [0, 0.1) is 5.82 Å². The van der Waals surface area contributed by atoms with Crippen molar-refractivity contribution in [3.05, 3.63) is 28.5 Å². The average molecular weight is 294 g/mol. The second kappa shape index (κ2) is 5.49. The first-order valence-corrected chi connectivity index (χ1v) is 7.16. The molecule has 0 spiro atoms. The second-order valence-corrected chi connectivity index (χ2v) is 5.73. The van der Waals surface area contributed by atoms with Gasteiger partial charge in [-0.1, -0.05) is 25.4 Å². The molecule has 1 rings (SSSR count). The highest BCUT2D eigenvalue weighted by atomic mass is 35.5. The Bertz CT molecular complexity index is 414. The van der Waals surface area contributed by atoms with Gasteiger partial charge >= 0.3 is 0 Å². The van der Waals surface area contributed by atoms with Gasteiger partial charge in [-0.2, -0.15) is 0 Å². The van der Waals surface area contributed by atoms with Crippen LogP contribution in [0.1, 0.15) is 19.4 Å². The number of rotatable bonds is 4. The van der Waals surface area contributed by atoms with Crippen LogP contribution in [0.3, 0.4) is 0 Å². The molecular weight excluding hydrogens is 277 g/mol. The molecule has 17 heavy (non-hydrogen) atoms. The lowest BCUT2D eigenvalue weighted by atomic mass is 9.83. The third-order valence-electron chi connectivity index (χ3n) is 2.80. The molecule has 0 saturated carbocycles. The lowest BCUT2D eigenvalue weighted by Crippen LogP contribution is -2.38. The van der Waals surface area contributed by atoms with Crippen molar-refractivity contribution in [2.45, 2.75) is 25.6 Å². The molecule has 0 aliphatic heterocycles. The van der Waals surface area contributed by atoms with E-state index in [1.165, 1.54) is 6.07 Å². The summed E-state index contributed by atoms with van der Waals surface area (Å²) in [5.74, 6) is -0.515. The Morgan fingerprint density at radius 1 is 1.35 bits per heavy atom. The molecule has 0 fully saturated rings. The molecule has 0 aliphatic rings. The van der Waals surface area contributed by atoms with Crippen LogP contribution in [-0.2, 0) is 14.3 Å². The predicted octanol–water partition coefficient (Wildman–Crippen LogP) is 0.259. The zero-order chi connectivity index (χ0) is 13.2. The third-order valence-corrected chi connectivity index (χ3v) is 3.95. The Labute approximate surface area is 112 Å². The van der Waals surface area contributed by atoms with E-state index in [4.69, 9.17) is 26.2 Å². The van der Waals surface area contributed by atoms with Crippen LogP contribution >= 0.6 is 11.6 Å². The van der Waals surface area contributed by atoms with Crippen molar-refractivity contribution in [1.82, 2.24) is 0 Å². The van der Waals surface area contributed by atoms with E-state index in [1.54, 1.807) is 6.07 Å². The van der Waals surface area contributed by atoms with E-state index in [2.05, 4.69) is 0 Å². The van der Waals surface area contributed by atoms with Crippen LogP contribution in [0.15, 0.2) is 12.1 Å². The van der Waals surface area contributed by atoms with Crippen LogP contribution in [0.5, 0.6) is 0 Å². The van der Waals surface area contributed by atoms with Crippen LogP contribution < -0.4 is 5.73 Å². The summed E-state index contributed by atoms with van der Waals surface area (Å²) in [5.41, 5.74) is 6.47. The summed E-state index contributed by atoms with van der Waals surface area (Å²) in [7, 11) is 1.12. The number of nitrogens with two attached hydrogens (primary N) is 1. The highest BCUT2D eigenvalue weighted by Crippen LogP contribution is 2.35. The van der Waals surface area contributed by atoms with Gasteiger partial charge in [0.05, 0.1) is 5.02 Å². The standard InChI is InChI=1S/C10H17ClFNO2Si2/c1-10(2,9(14-16)15-17)5-3-6(11)7(12)4-8(5)13/h3-4,9H,13H2,1-2,16-17H3. The lowest BCUT2D eigenvalue weighted by molar-refractivity contribution is -0.0365. The largest absolute Gasteiger partial charge is 0.404 e. The molecule has 0 aromatic heterocycles. The molecular formula is C10H17ClFNO2Si2. The summed E-state index contributed by atoms with van der Waals surface area (Å²) in [4.78, 5) is 0. The van der Waals surface area contributed by atoms with Crippen molar-refractivity contribution in [3.8, 4) is 0 Å². The molecule has 1 aromatic rings. The normalized spacial score (nSPS) is 14.1. The maximum Gasteiger partial charge on any atom is 0.149 e. The fraction of sp³-hybridized carbons (Fsp3) is 0.400. The van der Waals surface area contributed by atoms with E-state index in [1.807, 2.05) is 13.8 Å². The summed E-state index contributed by atoms with van der Waals surface area (Å²) in [6.07, 6.45) is -0.371. The number of halogens is 2. The molecule has 2 N–H and O–H groups in total. The van der Waals surface area contributed by atoms with E-state index in [-0.39, 0.29) is 11.3 Å². The monoisotopic (exact) mass is 293 g/mol. The van der Waals surface area contributed by atoms with Crippen molar-refractivity contribution in [3.63, 3.8) is 0 Å². The van der Waals surface area contributed by atoms with E-state index < -0.39 is 11.2 Å². The molecule has 0 atom stereocenters. The van der Waals surface area contributed by atoms with Gasteiger partial charge in [0.15, 0.2) is 0 Å². The predicted molar refractivity (Wildman–Crippen MR) is 74.7 cm³/mol. The smallest absolute Gasteiger partial charge is 0.149 e. The van der Waals surface area contributed by atoms with Gasteiger partial charge in [-0.25, -0.2) is 4.39 Å². The minimum atomic E-state index is -0.515. The summed E-state index contributed by atoms with van der Waals surface area (Å²) < 4.78 is 24.1. The SMILES string of the molecule is CC(C)(c1cc(Cl)c(F)cc1N)C(O[SiH3])O[SiH3]. The van der Waals surface area contributed by atoms with Gasteiger partial charge in [0.2, 0.25) is 0 Å². The highest BCUT2D eigenvalue weighted by Gasteiger charge is 2.33. The first-order chi connectivity index (χ1) is 7.84. The number of benzene rings is 1. The van der Waals surface area contributed by atoms with Crippen LogP contribution in [0.2, 0.25) is 5.02 Å². The maximum absolute atomic E-state index is 13.3. The van der Waals surface area contributed by atoms with E-state index in [9.17, 15) is 4.39 Å². The molecule has 0 radical (unpaired) electrons. The number of nitrogen functional groups attached to an aromatic ring is 1. The fourth-order valence-corrected chi connectivity index (χ4v) is 4.04. The number of hydrogen-bond donors (Lipinski definition) is 1. The van der Waals surface area contributed by atoms with Gasteiger partial charge < -0.3 is 14.6 Å². The molecule has 0 saturated heterocycles. The van der Waals surface area contributed by atoms with Gasteiger partial charge in [0.1, 0.15) is 33.1 Å². The average Bonchev–Trinajstić information content (AvgIpc) is 2.24. The van der Waals surface area contributed by atoms with Gasteiger partial charge in [-0.3, -0.25) is 0 Å². The summed E-state index contributed by atoms with van der Waals surface area (Å²) in [6, 6.07) is 2.77. The van der Waals surface area contributed by atoms with Crippen molar-refractivity contribution in [2.75, 3.05) is 5.73 Å². The van der Waals surface area contributed by atoms with Crippen molar-refractivity contribution >= 4 is 38.3 Å². The molecule has 0 amide bonds. The Morgan fingerprint density at radius 3 is 2.35 bits per heavy atom. The van der Waals surface area contributed by atoms with Gasteiger partial charge in [-0.05, 0) is 17.7 Å². The summed E-state index contributed by atoms with van der Waals surface area (Å²) in [6.45, 7) is 3.88. The van der Waals surface area contributed by atoms with E-state index >= 15 is 0 Å². The topological polar surface area (TPSA) is 44.5 Å². The molecule has 0 unspecified atom stereocenters. The van der Waals surface area contributed by atoms with Crippen molar-refractivity contribution < 1.29 is 13.2 Å². The molecule has 0 bridgehead atoms. The number of anilines is 1. The lowest BCUT2D eigenvalue weighted by Gasteiger charge is -2.34. The quantitative estimate of drug-likeness (QED) is 0.492. The van der Waals surface area contributed by atoms with Crippen molar-refractivity contribution in [2.24, 2.45) is 0 Å². The maximum atomic E-state index is 13.3. The van der Waals surface area contributed by atoms with Gasteiger partial charge in [-0.15, -0.1) is 0 Å². The van der Waals surface area contributed by atoms with Crippen LogP contribution in [0.4, 0.5) is 10.1 Å². The highest BCUT2D eigenvalue weighted by molar-refractivity contribution is 6.30. The molecule has 1 aromatic carbocycles. The summed E-state index contributed by atoms with van der Waals surface area (Å²) in [5, 5.41) is 0.0581. The van der Waals surface area contributed by atoms with Crippen LogP contribution in [0.25, 0.3) is 0 Å². The summed E-state index contributed by atoms with van der Waals surface area (Å²) >= 11 is 5.79. The first-order valence-electron chi connectivity index (χ1n) is 5.15. The molecule has 0 aliphatic carbocycles. The van der Waals surface area contributed by atoms with E-state index in [0.717, 1.165) is 5.56 Å². The fourth-order valence-electron chi connectivity index (χ4n) is 1.93.